The van der Waals surface area contributed by atoms with Crippen molar-refractivity contribution in [2.75, 3.05) is 6.61 Å². The van der Waals surface area contributed by atoms with Crippen molar-refractivity contribution in [3.8, 4) is 11.5 Å². The predicted molar refractivity (Wildman–Crippen MR) is 140 cm³/mol. The number of nitrogens with one attached hydrogen (secondary N) is 1. The molecule has 2 heterocycles. The van der Waals surface area contributed by atoms with Crippen LogP contribution in [-0.2, 0) is 14.3 Å². The first-order chi connectivity index (χ1) is 19.5. The van der Waals surface area contributed by atoms with Gasteiger partial charge in [-0.2, -0.15) is 0 Å². The van der Waals surface area contributed by atoms with Gasteiger partial charge >= 0.3 is 19.8 Å². The number of alkyl halides is 1. The Balaban J connectivity index is 1.44. The van der Waals surface area contributed by atoms with Crippen molar-refractivity contribution >= 4 is 14.1 Å². The molecule has 12 nitrogen and oxygen atoms in total. The second-order valence-electron chi connectivity index (χ2n) is 10.1. The lowest BCUT2D eigenvalue weighted by atomic mass is 9.98. The smallest absolute Gasteiger partial charge is 0.395 e. The highest BCUT2D eigenvalue weighted by Gasteiger charge is 2.55. The number of aliphatic hydroxyl groups is 1. The molecule has 1 saturated heterocycles. The van der Waals surface area contributed by atoms with E-state index in [1.807, 2.05) is 4.98 Å². The number of rotatable bonds is 10. The predicted octanol–water partition coefficient (Wildman–Crippen LogP) is 2.63. The molecule has 4 rings (SSSR count). The number of hydrogen-bond acceptors (Lipinski definition) is 10. The molecule has 0 bridgehead atoms. The molecule has 1 aliphatic carbocycles. The van der Waals surface area contributed by atoms with Gasteiger partial charge in [0.05, 0.1) is 0 Å². The summed E-state index contributed by atoms with van der Waals surface area (Å²) in [5, 5.41) is 10.6. The standard InChI is InChI=1S/C26H32F2N3O9P/c1-3-17(23(34)38-16-7-5-4-6-8-16)30-41(36)40-18-10-9-15(27)13-19(18)37-14-20-22(33)26(2,28)24(39-20)31-12-11-21(32)29-25(31)35/h9-13,16-17,20,22,24,33H,3-8,14H2,1-2H3,(H,29,32,35)/t17-,20+,22+,24?,26+/m0/s1. The molecule has 6 atom stereocenters. The summed E-state index contributed by atoms with van der Waals surface area (Å²) in [6, 6.07) is 3.06. The van der Waals surface area contributed by atoms with E-state index >= 15 is 4.39 Å². The van der Waals surface area contributed by atoms with Crippen LogP contribution in [0, 0.1) is 5.82 Å². The van der Waals surface area contributed by atoms with Gasteiger partial charge in [0.2, 0.25) is 5.75 Å². The summed E-state index contributed by atoms with van der Waals surface area (Å²) < 4.78 is 56.2. The van der Waals surface area contributed by atoms with Crippen molar-refractivity contribution in [1.82, 2.24) is 9.55 Å². The lowest BCUT2D eigenvalue weighted by molar-refractivity contribution is -0.170. The van der Waals surface area contributed by atoms with Crippen molar-refractivity contribution in [3.63, 3.8) is 0 Å². The van der Waals surface area contributed by atoms with E-state index in [0.29, 0.717) is 0 Å². The summed E-state index contributed by atoms with van der Waals surface area (Å²) in [6.07, 6.45) is 0.907. The van der Waals surface area contributed by atoms with E-state index < -0.39 is 68.0 Å². The van der Waals surface area contributed by atoms with Crippen LogP contribution in [0.1, 0.15) is 58.6 Å². The third kappa shape index (κ3) is 7.37. The zero-order valence-electron chi connectivity index (χ0n) is 22.5. The number of aromatic amines is 1. The molecule has 1 aromatic carbocycles. The van der Waals surface area contributed by atoms with Gasteiger partial charge < -0.3 is 24.2 Å². The number of esters is 1. The molecule has 15 heteroatoms. The summed E-state index contributed by atoms with van der Waals surface area (Å²) in [6.45, 7) is 2.19. The van der Waals surface area contributed by atoms with Gasteiger partial charge in [0, 0.05) is 18.3 Å². The highest BCUT2D eigenvalue weighted by molar-refractivity contribution is 7.34. The van der Waals surface area contributed by atoms with Gasteiger partial charge in [0.15, 0.2) is 23.7 Å². The van der Waals surface area contributed by atoms with Crippen LogP contribution >= 0.6 is 8.17 Å². The first-order valence-corrected chi connectivity index (χ1v) is 14.4. The molecule has 1 aromatic heterocycles. The molecular formula is C26H32F2N3O9P. The third-order valence-electron chi connectivity index (χ3n) is 7.03. The van der Waals surface area contributed by atoms with Gasteiger partial charge in [0.1, 0.15) is 30.7 Å². The Labute approximate surface area is 234 Å². The Morgan fingerprint density at radius 2 is 2.02 bits per heavy atom. The molecule has 0 spiro atoms. The van der Waals surface area contributed by atoms with Crippen LogP contribution in [-0.4, -0.2) is 57.3 Å². The minimum atomic E-state index is -2.81. The van der Waals surface area contributed by atoms with Gasteiger partial charge in [0.25, 0.3) is 5.56 Å². The fourth-order valence-corrected chi connectivity index (χ4v) is 5.60. The van der Waals surface area contributed by atoms with Gasteiger partial charge in [-0.05, 0) is 51.2 Å². The van der Waals surface area contributed by atoms with Gasteiger partial charge in [-0.15, -0.1) is 0 Å². The summed E-state index contributed by atoms with van der Waals surface area (Å²) in [5.74, 6) is -1.76. The molecule has 0 amide bonds. The van der Waals surface area contributed by atoms with E-state index in [1.54, 1.807) is 6.92 Å². The van der Waals surface area contributed by atoms with Crippen LogP contribution in [0.4, 0.5) is 8.78 Å². The monoisotopic (exact) mass is 599 g/mol. The first-order valence-electron chi connectivity index (χ1n) is 13.3. The number of nitrogens with zero attached hydrogens (tertiary/aromatic N) is 2. The maximum absolute atomic E-state index is 15.4. The normalized spacial score (nSPS) is 26.0. The van der Waals surface area contributed by atoms with E-state index in [0.717, 1.165) is 74.1 Å². The molecule has 1 saturated carbocycles. The van der Waals surface area contributed by atoms with E-state index in [2.05, 4.69) is 4.74 Å². The highest BCUT2D eigenvalue weighted by Crippen LogP contribution is 2.41. The van der Waals surface area contributed by atoms with Gasteiger partial charge in [-0.1, -0.05) is 18.1 Å². The van der Waals surface area contributed by atoms with Gasteiger partial charge in [-0.3, -0.25) is 18.9 Å². The van der Waals surface area contributed by atoms with E-state index in [9.17, 15) is 28.8 Å². The molecule has 41 heavy (non-hydrogen) atoms. The Morgan fingerprint density at radius 3 is 2.71 bits per heavy atom. The van der Waals surface area contributed by atoms with Crippen LogP contribution in [0.2, 0.25) is 0 Å². The third-order valence-corrected chi connectivity index (χ3v) is 7.85. The number of hydrogen-bond donors (Lipinski definition) is 2. The SMILES string of the molecule is CC[C@H](N=[P+]([O-])Oc1ccc(F)cc1OC[C@H]1OC(n2ccc(=O)[nH]c2=O)[C@](C)(F)[C@@H]1O)C(=O)OC1CCCCC1. The van der Waals surface area contributed by atoms with Crippen molar-refractivity contribution in [2.24, 2.45) is 4.74 Å². The topological polar surface area (TPSA) is 164 Å². The fraction of sp³-hybridized carbons (Fsp3) is 0.577. The zero-order valence-corrected chi connectivity index (χ0v) is 23.4. The largest absolute Gasteiger partial charge is 0.575 e. The second-order valence-corrected chi connectivity index (χ2v) is 11.0. The van der Waals surface area contributed by atoms with E-state index in [1.165, 1.54) is 0 Å². The minimum absolute atomic E-state index is 0.185. The average Bonchev–Trinajstić information content (AvgIpc) is 3.15. The Kier molecular flexibility index (Phi) is 9.90. The number of H-pyrrole nitrogens is 1. The van der Waals surface area contributed by atoms with Crippen LogP contribution in [0.25, 0.3) is 0 Å². The maximum atomic E-state index is 15.4. The van der Waals surface area contributed by atoms with Crippen molar-refractivity contribution in [3.05, 3.63) is 57.1 Å². The summed E-state index contributed by atoms with van der Waals surface area (Å²) >= 11 is 0. The molecule has 2 unspecified atom stereocenters. The number of carbonyl (C=O) groups is 1. The fourth-order valence-electron chi connectivity index (χ4n) is 4.75. The van der Waals surface area contributed by atoms with Crippen LogP contribution in [0.5, 0.6) is 11.5 Å². The van der Waals surface area contributed by atoms with Crippen LogP contribution < -0.4 is 25.4 Å². The first kappa shape index (κ1) is 30.8. The zero-order chi connectivity index (χ0) is 29.7. The molecular weight excluding hydrogens is 567 g/mol. The Hall–Kier alpha value is -3.19. The summed E-state index contributed by atoms with van der Waals surface area (Å²) in [5.41, 5.74) is -4.11. The number of carbonyl (C=O) groups excluding carboxylic acids is 1. The highest BCUT2D eigenvalue weighted by atomic mass is 31.1. The second kappa shape index (κ2) is 13.2. The number of halogens is 2. The summed E-state index contributed by atoms with van der Waals surface area (Å²) in [7, 11) is -2.81. The molecule has 2 fully saturated rings. The average molecular weight is 600 g/mol. The molecule has 224 valence electrons. The summed E-state index contributed by atoms with van der Waals surface area (Å²) in [4.78, 5) is 50.8. The van der Waals surface area contributed by atoms with Crippen molar-refractivity contribution in [1.29, 1.82) is 0 Å². The molecule has 1 aliphatic heterocycles. The minimum Gasteiger partial charge on any atom is -0.575 e. The lowest BCUT2D eigenvalue weighted by Crippen LogP contribution is -2.43. The number of aromatic nitrogens is 2. The van der Waals surface area contributed by atoms with Crippen molar-refractivity contribution in [2.45, 2.75) is 88.6 Å². The van der Waals surface area contributed by atoms with Gasteiger partial charge in [-0.25, -0.2) is 18.4 Å². The Bertz CT molecular complexity index is 1380. The Morgan fingerprint density at radius 1 is 1.29 bits per heavy atom. The van der Waals surface area contributed by atoms with E-state index in [-0.39, 0.29) is 24.0 Å². The molecule has 2 N–H and O–H groups in total. The number of aliphatic hydroxyl groups excluding tert-OH is 1. The number of benzene rings is 1. The van der Waals surface area contributed by atoms with E-state index in [4.69, 9.17) is 18.7 Å². The lowest BCUT2D eigenvalue weighted by Gasteiger charge is -2.24. The quantitative estimate of drug-likeness (QED) is 0.309. The number of ether oxygens (including phenoxy) is 3. The van der Waals surface area contributed by atoms with Crippen LogP contribution in [0.15, 0.2) is 44.8 Å². The molecule has 0 radical (unpaired) electrons. The maximum Gasteiger partial charge on any atom is 0.395 e. The van der Waals surface area contributed by atoms with Crippen LogP contribution in [0.3, 0.4) is 0 Å². The van der Waals surface area contributed by atoms with Crippen molar-refractivity contribution < 1.29 is 42.3 Å². The molecule has 2 aliphatic rings. The molecule has 2 aromatic rings.